The monoisotopic (exact) mass is 653 g/mol. The Morgan fingerprint density at radius 2 is 1.27 bits per heavy atom. The first-order valence-electron chi connectivity index (χ1n) is 17.7. The van der Waals surface area contributed by atoms with E-state index in [2.05, 4.69) is 133 Å². The van der Waals surface area contributed by atoms with E-state index < -0.39 is 5.41 Å². The maximum Gasteiger partial charge on any atom is 0.167 e. The van der Waals surface area contributed by atoms with Crippen LogP contribution in [0.2, 0.25) is 0 Å². The predicted octanol–water partition coefficient (Wildman–Crippen LogP) is 10.8. The standard InChI is InChI=1S/C47H31N3O/c1-2-13-30(14-3-1)44-48-45(33-27-31-17-10-15-29-16-11-18-32(28-33)42(29)31)50-46(49-44)36-21-12-25-40-43(36)51-41-26-9-8-24-39(41)47(40)37-22-6-4-19-34(37)35-20-5-7-23-38(35)47/h1-11,13-15,17-24,26-28H,12,16,25H2. The number of nitrogens with zero attached hydrogens (tertiary/aromatic N) is 3. The van der Waals surface area contributed by atoms with Crippen molar-refractivity contribution in [1.82, 2.24) is 15.0 Å². The van der Waals surface area contributed by atoms with Crippen molar-refractivity contribution in [3.05, 3.63) is 191 Å². The summed E-state index contributed by atoms with van der Waals surface area (Å²) in [6.07, 6.45) is 9.39. The van der Waals surface area contributed by atoms with Crippen LogP contribution in [0.15, 0.2) is 157 Å². The van der Waals surface area contributed by atoms with E-state index in [1.165, 1.54) is 55.3 Å². The van der Waals surface area contributed by atoms with E-state index in [-0.39, 0.29) is 0 Å². The predicted molar refractivity (Wildman–Crippen MR) is 204 cm³/mol. The summed E-state index contributed by atoms with van der Waals surface area (Å²) in [5, 5.41) is 2.50. The van der Waals surface area contributed by atoms with Crippen molar-refractivity contribution in [2.24, 2.45) is 0 Å². The van der Waals surface area contributed by atoms with E-state index in [0.717, 1.165) is 47.5 Å². The third-order valence-corrected chi connectivity index (χ3v) is 11.1. The van der Waals surface area contributed by atoms with Gasteiger partial charge in [-0.3, -0.25) is 0 Å². The molecule has 0 unspecified atom stereocenters. The van der Waals surface area contributed by atoms with E-state index in [4.69, 9.17) is 19.7 Å². The van der Waals surface area contributed by atoms with Gasteiger partial charge >= 0.3 is 0 Å². The fraction of sp³-hybridized carbons (Fsp3) is 0.0851. The molecule has 3 aliphatic carbocycles. The molecule has 6 aromatic carbocycles. The highest BCUT2D eigenvalue weighted by molar-refractivity contribution is 5.98. The van der Waals surface area contributed by atoms with Gasteiger partial charge in [0.2, 0.25) is 0 Å². The van der Waals surface area contributed by atoms with Gasteiger partial charge in [-0.25, -0.2) is 15.0 Å². The second-order valence-corrected chi connectivity index (χ2v) is 13.8. The zero-order chi connectivity index (χ0) is 33.5. The molecule has 1 spiro atoms. The Morgan fingerprint density at radius 1 is 0.588 bits per heavy atom. The van der Waals surface area contributed by atoms with Crippen LogP contribution >= 0.6 is 0 Å². The zero-order valence-corrected chi connectivity index (χ0v) is 27.8. The molecule has 0 saturated carbocycles. The molecule has 0 fully saturated rings. The van der Waals surface area contributed by atoms with Crippen LogP contribution in [0.3, 0.4) is 0 Å². The average Bonchev–Trinajstić information content (AvgIpc) is 3.49. The Kier molecular flexibility index (Phi) is 6.03. The molecule has 1 aliphatic heterocycles. The molecule has 0 saturated heterocycles. The molecule has 0 bridgehead atoms. The Morgan fingerprint density at radius 3 is 2.08 bits per heavy atom. The quantitative estimate of drug-likeness (QED) is 0.190. The second kappa shape index (κ2) is 10.8. The molecule has 11 rings (SSSR count). The Balaban J connectivity index is 1.16. The van der Waals surface area contributed by atoms with Gasteiger partial charge in [0.1, 0.15) is 11.5 Å². The van der Waals surface area contributed by atoms with Gasteiger partial charge in [-0.15, -0.1) is 0 Å². The molecule has 1 aromatic heterocycles. The van der Waals surface area contributed by atoms with Gasteiger partial charge in [0.15, 0.2) is 17.5 Å². The number of ether oxygens (including phenoxy) is 1. The van der Waals surface area contributed by atoms with E-state index in [1.807, 2.05) is 18.2 Å². The summed E-state index contributed by atoms with van der Waals surface area (Å²) in [4.78, 5) is 15.6. The van der Waals surface area contributed by atoms with Crippen LogP contribution in [-0.2, 0) is 11.8 Å². The van der Waals surface area contributed by atoms with Crippen LogP contribution in [-0.4, -0.2) is 15.0 Å². The van der Waals surface area contributed by atoms with Gasteiger partial charge in [-0.05, 0) is 87.2 Å². The lowest BCUT2D eigenvalue weighted by molar-refractivity contribution is 0.393. The SMILES string of the molecule is C1=Cc2cc(-c3nc(C4=CCCC5=C4Oc4ccccc4C54c5ccccc5-c5ccccc54)nc(-c4ccccc4)n3)cc3cccc(c23)C1. The fourth-order valence-corrected chi connectivity index (χ4v) is 9.01. The van der Waals surface area contributed by atoms with Crippen molar-refractivity contribution >= 4 is 22.4 Å². The lowest BCUT2D eigenvalue weighted by Crippen LogP contribution is -2.36. The highest BCUT2D eigenvalue weighted by atomic mass is 16.5. The molecule has 240 valence electrons. The molecule has 4 nitrogen and oxygen atoms in total. The van der Waals surface area contributed by atoms with Gasteiger partial charge in [-0.1, -0.05) is 133 Å². The van der Waals surface area contributed by atoms with Crippen LogP contribution in [0.4, 0.5) is 0 Å². The van der Waals surface area contributed by atoms with E-state index in [9.17, 15) is 0 Å². The molecule has 51 heavy (non-hydrogen) atoms. The highest BCUT2D eigenvalue weighted by Crippen LogP contribution is 2.62. The summed E-state index contributed by atoms with van der Waals surface area (Å²) in [6.45, 7) is 0. The maximum absolute atomic E-state index is 7.03. The number of fused-ring (bicyclic) bond motifs is 8. The van der Waals surface area contributed by atoms with Crippen molar-refractivity contribution in [1.29, 1.82) is 0 Å². The van der Waals surface area contributed by atoms with Crippen LogP contribution in [0, 0.1) is 0 Å². The number of aromatic nitrogens is 3. The van der Waals surface area contributed by atoms with Crippen LogP contribution in [0.1, 0.15) is 46.5 Å². The highest BCUT2D eigenvalue weighted by Gasteiger charge is 2.52. The summed E-state index contributed by atoms with van der Waals surface area (Å²) >= 11 is 0. The summed E-state index contributed by atoms with van der Waals surface area (Å²) in [5.74, 6) is 3.63. The molecule has 7 aromatic rings. The van der Waals surface area contributed by atoms with E-state index in [1.54, 1.807) is 0 Å². The van der Waals surface area contributed by atoms with Gasteiger partial charge in [-0.2, -0.15) is 0 Å². The minimum absolute atomic E-state index is 0.486. The average molecular weight is 654 g/mol. The van der Waals surface area contributed by atoms with Crippen LogP contribution in [0.25, 0.3) is 56.3 Å². The lowest BCUT2D eigenvalue weighted by Gasteiger charge is -2.42. The minimum Gasteiger partial charge on any atom is -0.456 e. The van der Waals surface area contributed by atoms with Gasteiger partial charge in [0, 0.05) is 16.7 Å². The topological polar surface area (TPSA) is 47.9 Å². The molecular formula is C47H31N3O. The number of para-hydroxylation sites is 1. The number of allylic oxidation sites excluding steroid dienone is 4. The smallest absolute Gasteiger partial charge is 0.167 e. The molecule has 0 amide bonds. The number of rotatable bonds is 3. The second-order valence-electron chi connectivity index (χ2n) is 13.8. The summed E-state index contributed by atoms with van der Waals surface area (Å²) in [7, 11) is 0. The molecular weight excluding hydrogens is 623 g/mol. The fourth-order valence-electron chi connectivity index (χ4n) is 9.01. The number of benzene rings is 6. The van der Waals surface area contributed by atoms with Gasteiger partial charge in [0.05, 0.1) is 11.0 Å². The van der Waals surface area contributed by atoms with Crippen molar-refractivity contribution in [2.75, 3.05) is 0 Å². The Hall–Kier alpha value is -6.39. The molecule has 0 atom stereocenters. The largest absolute Gasteiger partial charge is 0.456 e. The third-order valence-electron chi connectivity index (χ3n) is 11.1. The third kappa shape index (κ3) is 4.05. The van der Waals surface area contributed by atoms with E-state index in [0.29, 0.717) is 17.5 Å². The summed E-state index contributed by atoms with van der Waals surface area (Å²) in [5.41, 5.74) is 12.5. The molecule has 0 radical (unpaired) electrons. The summed E-state index contributed by atoms with van der Waals surface area (Å²) < 4.78 is 7.03. The number of hydrogen-bond acceptors (Lipinski definition) is 4. The zero-order valence-electron chi connectivity index (χ0n) is 27.8. The van der Waals surface area contributed by atoms with Crippen molar-refractivity contribution in [3.63, 3.8) is 0 Å². The van der Waals surface area contributed by atoms with Crippen molar-refractivity contribution in [3.8, 4) is 39.7 Å². The lowest BCUT2D eigenvalue weighted by atomic mass is 9.63. The van der Waals surface area contributed by atoms with Crippen LogP contribution in [0.5, 0.6) is 5.75 Å². The van der Waals surface area contributed by atoms with Crippen LogP contribution < -0.4 is 4.74 Å². The first-order valence-corrected chi connectivity index (χ1v) is 17.7. The van der Waals surface area contributed by atoms with E-state index >= 15 is 0 Å². The maximum atomic E-state index is 7.03. The normalized spacial score (nSPS) is 15.9. The van der Waals surface area contributed by atoms with Crippen molar-refractivity contribution in [2.45, 2.75) is 24.7 Å². The Labute approximate surface area is 296 Å². The molecule has 0 N–H and O–H groups in total. The van der Waals surface area contributed by atoms with Crippen molar-refractivity contribution < 1.29 is 4.74 Å². The molecule has 4 heteroatoms. The Bertz CT molecular complexity index is 2660. The van der Waals surface area contributed by atoms with Gasteiger partial charge < -0.3 is 4.74 Å². The first kappa shape index (κ1) is 28.4. The first-order chi connectivity index (χ1) is 25.3. The minimum atomic E-state index is -0.486. The molecule has 2 heterocycles. The van der Waals surface area contributed by atoms with Gasteiger partial charge in [0.25, 0.3) is 0 Å². The molecule has 4 aliphatic rings. The number of hydrogen-bond donors (Lipinski definition) is 0. The summed E-state index contributed by atoms with van der Waals surface area (Å²) in [6, 6.07) is 47.6.